The Morgan fingerprint density at radius 1 is 1.32 bits per heavy atom. The summed E-state index contributed by atoms with van der Waals surface area (Å²) < 4.78 is 0. The second-order valence-electron chi connectivity index (χ2n) is 4.89. The SMILES string of the molecule is CCC(CC)N(CCO)c1ccc([C@H](C)N)cc1Cl. The van der Waals surface area contributed by atoms with E-state index in [0.717, 1.165) is 24.1 Å². The van der Waals surface area contributed by atoms with Gasteiger partial charge in [0.2, 0.25) is 0 Å². The molecule has 1 aromatic carbocycles. The number of hydrogen-bond donors (Lipinski definition) is 2. The number of nitrogens with two attached hydrogens (primary N) is 1. The van der Waals surface area contributed by atoms with E-state index in [0.29, 0.717) is 17.6 Å². The lowest BCUT2D eigenvalue weighted by molar-refractivity contribution is 0.296. The summed E-state index contributed by atoms with van der Waals surface area (Å²) in [6.45, 7) is 6.98. The maximum atomic E-state index is 9.27. The fourth-order valence-corrected chi connectivity index (χ4v) is 2.67. The zero-order valence-electron chi connectivity index (χ0n) is 12.1. The highest BCUT2D eigenvalue weighted by Crippen LogP contribution is 2.31. The van der Waals surface area contributed by atoms with Crippen LogP contribution in [0, 0.1) is 0 Å². The molecule has 0 aromatic heterocycles. The van der Waals surface area contributed by atoms with E-state index in [1.54, 1.807) is 0 Å². The van der Waals surface area contributed by atoms with E-state index in [1.807, 2.05) is 25.1 Å². The van der Waals surface area contributed by atoms with Gasteiger partial charge in [-0.3, -0.25) is 0 Å². The molecule has 19 heavy (non-hydrogen) atoms. The third-order valence-electron chi connectivity index (χ3n) is 3.53. The molecule has 0 amide bonds. The van der Waals surface area contributed by atoms with Crippen molar-refractivity contribution in [2.45, 2.75) is 45.7 Å². The Morgan fingerprint density at radius 3 is 2.37 bits per heavy atom. The van der Waals surface area contributed by atoms with Crippen molar-refractivity contribution < 1.29 is 5.11 Å². The van der Waals surface area contributed by atoms with Crippen molar-refractivity contribution in [1.82, 2.24) is 0 Å². The fraction of sp³-hybridized carbons (Fsp3) is 0.600. The highest BCUT2D eigenvalue weighted by Gasteiger charge is 2.18. The Hall–Kier alpha value is -0.770. The topological polar surface area (TPSA) is 49.5 Å². The van der Waals surface area contributed by atoms with Gasteiger partial charge in [0.15, 0.2) is 0 Å². The van der Waals surface area contributed by atoms with Crippen molar-refractivity contribution in [3.8, 4) is 0 Å². The molecule has 0 saturated heterocycles. The van der Waals surface area contributed by atoms with Crippen molar-refractivity contribution in [3.05, 3.63) is 28.8 Å². The molecule has 0 heterocycles. The van der Waals surface area contributed by atoms with Crippen LogP contribution in [0.25, 0.3) is 0 Å². The van der Waals surface area contributed by atoms with Crippen molar-refractivity contribution in [3.63, 3.8) is 0 Å². The summed E-state index contributed by atoms with van der Waals surface area (Å²) in [4.78, 5) is 2.19. The summed E-state index contributed by atoms with van der Waals surface area (Å²) in [7, 11) is 0. The number of halogens is 1. The number of nitrogens with zero attached hydrogens (tertiary/aromatic N) is 1. The van der Waals surface area contributed by atoms with E-state index in [4.69, 9.17) is 17.3 Å². The zero-order valence-corrected chi connectivity index (χ0v) is 12.8. The van der Waals surface area contributed by atoms with Gasteiger partial charge in [-0.05, 0) is 37.5 Å². The van der Waals surface area contributed by atoms with Crippen LogP contribution in [-0.2, 0) is 0 Å². The third-order valence-corrected chi connectivity index (χ3v) is 3.83. The molecule has 1 rings (SSSR count). The Labute approximate surface area is 121 Å². The van der Waals surface area contributed by atoms with E-state index in [9.17, 15) is 5.11 Å². The predicted octanol–water partition coefficient (Wildman–Crippen LogP) is 3.35. The van der Waals surface area contributed by atoms with Crippen molar-refractivity contribution in [2.75, 3.05) is 18.1 Å². The van der Waals surface area contributed by atoms with Gasteiger partial charge in [0.25, 0.3) is 0 Å². The molecule has 1 atom stereocenters. The second kappa shape index (κ2) is 7.73. The van der Waals surface area contributed by atoms with Gasteiger partial charge in [0.1, 0.15) is 0 Å². The second-order valence-corrected chi connectivity index (χ2v) is 5.29. The van der Waals surface area contributed by atoms with Gasteiger partial charge in [0.05, 0.1) is 17.3 Å². The van der Waals surface area contributed by atoms with Gasteiger partial charge in [-0.15, -0.1) is 0 Å². The van der Waals surface area contributed by atoms with E-state index >= 15 is 0 Å². The minimum absolute atomic E-state index is 0.0222. The van der Waals surface area contributed by atoms with Gasteiger partial charge in [-0.25, -0.2) is 0 Å². The molecule has 0 bridgehead atoms. The molecule has 0 fully saturated rings. The molecule has 0 unspecified atom stereocenters. The van der Waals surface area contributed by atoms with E-state index in [-0.39, 0.29) is 12.6 Å². The summed E-state index contributed by atoms with van der Waals surface area (Å²) in [6.07, 6.45) is 2.06. The molecule has 108 valence electrons. The van der Waals surface area contributed by atoms with Gasteiger partial charge >= 0.3 is 0 Å². The third kappa shape index (κ3) is 4.10. The number of aliphatic hydroxyl groups is 1. The first-order valence-corrected chi connectivity index (χ1v) is 7.35. The number of hydrogen-bond acceptors (Lipinski definition) is 3. The van der Waals surface area contributed by atoms with Crippen LogP contribution in [0.2, 0.25) is 5.02 Å². The number of anilines is 1. The summed E-state index contributed by atoms with van der Waals surface area (Å²) >= 11 is 6.38. The highest BCUT2D eigenvalue weighted by atomic mass is 35.5. The number of aliphatic hydroxyl groups excluding tert-OH is 1. The molecule has 3 nitrogen and oxygen atoms in total. The largest absolute Gasteiger partial charge is 0.395 e. The summed E-state index contributed by atoms with van der Waals surface area (Å²) in [6, 6.07) is 6.32. The molecule has 0 saturated carbocycles. The average molecular weight is 285 g/mol. The number of rotatable bonds is 7. The molecule has 0 aliphatic carbocycles. The van der Waals surface area contributed by atoms with Gasteiger partial charge in [-0.2, -0.15) is 0 Å². The van der Waals surface area contributed by atoms with Crippen LogP contribution < -0.4 is 10.6 Å². The minimum atomic E-state index is -0.0222. The minimum Gasteiger partial charge on any atom is -0.395 e. The molecule has 0 aliphatic rings. The van der Waals surface area contributed by atoms with Crippen LogP contribution in [0.1, 0.15) is 45.2 Å². The number of benzene rings is 1. The quantitative estimate of drug-likeness (QED) is 0.807. The lowest BCUT2D eigenvalue weighted by Gasteiger charge is -2.33. The average Bonchev–Trinajstić information content (AvgIpc) is 2.39. The van der Waals surface area contributed by atoms with Crippen LogP contribution >= 0.6 is 11.6 Å². The maximum Gasteiger partial charge on any atom is 0.0643 e. The van der Waals surface area contributed by atoms with Crippen LogP contribution in [0.15, 0.2) is 18.2 Å². The molecular weight excluding hydrogens is 260 g/mol. The van der Waals surface area contributed by atoms with Crippen LogP contribution in [0.3, 0.4) is 0 Å². The summed E-state index contributed by atoms with van der Waals surface area (Å²) in [5.41, 5.74) is 7.88. The highest BCUT2D eigenvalue weighted by molar-refractivity contribution is 6.33. The lowest BCUT2D eigenvalue weighted by Crippen LogP contribution is -2.37. The molecular formula is C15H25ClN2O. The van der Waals surface area contributed by atoms with Crippen LogP contribution in [0.5, 0.6) is 0 Å². The molecule has 0 aliphatic heterocycles. The normalized spacial score (nSPS) is 12.8. The first-order valence-electron chi connectivity index (χ1n) is 6.97. The van der Waals surface area contributed by atoms with Crippen molar-refractivity contribution in [2.24, 2.45) is 5.73 Å². The van der Waals surface area contributed by atoms with Crippen molar-refractivity contribution >= 4 is 17.3 Å². The smallest absolute Gasteiger partial charge is 0.0643 e. The first kappa shape index (κ1) is 16.3. The Morgan fingerprint density at radius 2 is 1.95 bits per heavy atom. The zero-order chi connectivity index (χ0) is 14.4. The predicted molar refractivity (Wildman–Crippen MR) is 82.9 cm³/mol. The van der Waals surface area contributed by atoms with E-state index in [1.165, 1.54) is 0 Å². The standard InChI is InChI=1S/C15H25ClN2O/c1-4-13(5-2)18(8-9-19)15-7-6-12(11(3)17)10-14(15)16/h6-7,10-11,13,19H,4-5,8-9,17H2,1-3H3/t11-/m0/s1. The maximum absolute atomic E-state index is 9.27. The lowest BCUT2D eigenvalue weighted by atomic mass is 10.1. The van der Waals surface area contributed by atoms with Gasteiger partial charge in [0, 0.05) is 18.6 Å². The summed E-state index contributed by atoms with van der Waals surface area (Å²) in [5, 5.41) is 9.97. The molecule has 4 heteroatoms. The van der Waals surface area contributed by atoms with Crippen LogP contribution in [0.4, 0.5) is 5.69 Å². The van der Waals surface area contributed by atoms with Gasteiger partial charge in [-0.1, -0.05) is 31.5 Å². The first-order chi connectivity index (χ1) is 9.04. The Kier molecular flexibility index (Phi) is 6.63. The fourth-order valence-electron chi connectivity index (χ4n) is 2.38. The monoisotopic (exact) mass is 284 g/mol. The van der Waals surface area contributed by atoms with Gasteiger partial charge < -0.3 is 15.7 Å². The Bertz CT molecular complexity index is 392. The van der Waals surface area contributed by atoms with Crippen LogP contribution in [-0.4, -0.2) is 24.3 Å². The van der Waals surface area contributed by atoms with Crippen molar-refractivity contribution in [1.29, 1.82) is 0 Å². The molecule has 1 aromatic rings. The molecule has 0 spiro atoms. The van der Waals surface area contributed by atoms with E-state index < -0.39 is 0 Å². The summed E-state index contributed by atoms with van der Waals surface area (Å²) in [5.74, 6) is 0. The van der Waals surface area contributed by atoms with E-state index in [2.05, 4.69) is 18.7 Å². The Balaban J connectivity index is 3.08. The molecule has 0 radical (unpaired) electrons. The molecule has 3 N–H and O–H groups in total.